The lowest BCUT2D eigenvalue weighted by Crippen LogP contribution is -2.20. The van der Waals surface area contributed by atoms with Gasteiger partial charge in [0.25, 0.3) is 5.91 Å². The Morgan fingerprint density at radius 2 is 1.32 bits per heavy atom. The number of nitrogens with zero attached hydrogens (tertiary/aromatic N) is 1. The Morgan fingerprint density at radius 1 is 0.735 bits per heavy atom. The average Bonchev–Trinajstić information content (AvgIpc) is 3.22. The summed E-state index contributed by atoms with van der Waals surface area (Å²) in [5, 5.41) is 4.98. The van der Waals surface area contributed by atoms with Gasteiger partial charge in [0.05, 0.1) is 16.8 Å². The van der Waals surface area contributed by atoms with Crippen LogP contribution >= 0.6 is 11.8 Å². The monoisotopic (exact) mass is 466 g/mol. The van der Waals surface area contributed by atoms with Gasteiger partial charge in [0.1, 0.15) is 5.75 Å². The van der Waals surface area contributed by atoms with E-state index in [1.807, 2.05) is 91.0 Å². The number of benzene rings is 4. The number of carbonyl (C=O) groups is 2. The molecule has 1 heterocycles. The molecule has 5 aromatic rings. The van der Waals surface area contributed by atoms with Crippen molar-refractivity contribution in [1.82, 2.24) is 4.57 Å². The summed E-state index contributed by atoms with van der Waals surface area (Å²) in [4.78, 5) is 26.3. The lowest BCUT2D eigenvalue weighted by Gasteiger charge is -2.09. The van der Waals surface area contributed by atoms with Gasteiger partial charge in [-0.1, -0.05) is 54.6 Å². The molecule has 4 aromatic carbocycles. The molecule has 0 saturated carbocycles. The third kappa shape index (κ3) is 4.67. The van der Waals surface area contributed by atoms with Gasteiger partial charge in [-0.3, -0.25) is 14.2 Å². The molecule has 168 valence electrons. The van der Waals surface area contributed by atoms with E-state index in [9.17, 15) is 9.59 Å². The second-order valence-corrected chi connectivity index (χ2v) is 8.78. The molecule has 1 aromatic heterocycles. The van der Waals surface area contributed by atoms with Crippen molar-refractivity contribution in [3.63, 3.8) is 0 Å². The summed E-state index contributed by atoms with van der Waals surface area (Å²) in [7, 11) is 0. The quantitative estimate of drug-likeness (QED) is 0.288. The van der Waals surface area contributed by atoms with E-state index in [0.717, 1.165) is 26.7 Å². The van der Waals surface area contributed by atoms with Crippen LogP contribution in [0.25, 0.3) is 21.8 Å². The Hall–Kier alpha value is -4.03. The number of para-hydroxylation sites is 3. The number of thioether (sulfide) groups is 1. The Bertz CT molecular complexity index is 1410. The van der Waals surface area contributed by atoms with Gasteiger partial charge in [0.2, 0.25) is 5.91 Å². The predicted octanol–water partition coefficient (Wildman–Crippen LogP) is 6.24. The van der Waals surface area contributed by atoms with Crippen LogP contribution in [0.2, 0.25) is 0 Å². The predicted molar refractivity (Wildman–Crippen MR) is 138 cm³/mol. The zero-order valence-electron chi connectivity index (χ0n) is 18.3. The Kier molecular flexibility index (Phi) is 6.31. The van der Waals surface area contributed by atoms with E-state index in [1.54, 1.807) is 16.7 Å². The molecule has 0 bridgehead atoms. The summed E-state index contributed by atoms with van der Waals surface area (Å²) in [5.74, 6) is 0.750. The molecule has 0 spiro atoms. The molecular weight excluding hydrogens is 444 g/mol. The highest BCUT2D eigenvalue weighted by Gasteiger charge is 2.15. The van der Waals surface area contributed by atoms with Crippen LogP contribution < -0.4 is 10.1 Å². The van der Waals surface area contributed by atoms with Crippen molar-refractivity contribution >= 4 is 51.1 Å². The maximum atomic E-state index is 13.2. The molecule has 0 saturated heterocycles. The minimum absolute atomic E-state index is 0.0258. The third-order valence-electron chi connectivity index (χ3n) is 5.44. The van der Waals surface area contributed by atoms with Crippen LogP contribution in [0.1, 0.15) is 4.79 Å². The number of aromatic nitrogens is 1. The number of rotatable bonds is 7. The van der Waals surface area contributed by atoms with Crippen LogP contribution in [0, 0.1) is 0 Å². The Balaban J connectivity index is 1.21. The first kappa shape index (κ1) is 21.8. The smallest absolute Gasteiger partial charge is 0.262 e. The summed E-state index contributed by atoms with van der Waals surface area (Å²) in [6.45, 7) is -0.0617. The molecule has 34 heavy (non-hydrogen) atoms. The fraction of sp³-hybridized carbons (Fsp3) is 0.0714. The maximum Gasteiger partial charge on any atom is 0.262 e. The van der Waals surface area contributed by atoms with E-state index >= 15 is 0 Å². The molecule has 0 aliphatic heterocycles. The summed E-state index contributed by atoms with van der Waals surface area (Å²) < 4.78 is 7.27. The second kappa shape index (κ2) is 9.85. The molecule has 0 radical (unpaired) electrons. The van der Waals surface area contributed by atoms with E-state index in [2.05, 4.69) is 5.32 Å². The van der Waals surface area contributed by atoms with Gasteiger partial charge in [-0.2, -0.15) is 0 Å². The molecule has 0 aliphatic rings. The van der Waals surface area contributed by atoms with Gasteiger partial charge < -0.3 is 10.1 Å². The lowest BCUT2D eigenvalue weighted by atomic mass is 10.2. The van der Waals surface area contributed by atoms with Crippen LogP contribution in [0.3, 0.4) is 0 Å². The number of fused-ring (bicyclic) bond motifs is 3. The van der Waals surface area contributed by atoms with Crippen molar-refractivity contribution in [2.45, 2.75) is 4.90 Å². The molecule has 0 aliphatic carbocycles. The van der Waals surface area contributed by atoms with Crippen LogP contribution in [0.4, 0.5) is 5.69 Å². The Labute approximate surface area is 201 Å². The van der Waals surface area contributed by atoms with Crippen molar-refractivity contribution in [1.29, 1.82) is 0 Å². The number of hydrogen-bond donors (Lipinski definition) is 1. The van der Waals surface area contributed by atoms with E-state index in [1.165, 1.54) is 11.8 Å². The van der Waals surface area contributed by atoms with Gasteiger partial charge in [-0.15, -0.1) is 11.8 Å². The van der Waals surface area contributed by atoms with Gasteiger partial charge in [-0.25, -0.2) is 0 Å². The number of anilines is 1. The highest BCUT2D eigenvalue weighted by molar-refractivity contribution is 8.00. The first-order valence-electron chi connectivity index (χ1n) is 10.9. The van der Waals surface area contributed by atoms with Crippen LogP contribution in [0.5, 0.6) is 5.75 Å². The molecule has 5 nitrogen and oxygen atoms in total. The highest BCUT2D eigenvalue weighted by Crippen LogP contribution is 2.29. The van der Waals surface area contributed by atoms with E-state index < -0.39 is 0 Å². The van der Waals surface area contributed by atoms with Gasteiger partial charge in [0.15, 0.2) is 6.61 Å². The number of hydrogen-bond acceptors (Lipinski definition) is 4. The molecule has 1 N–H and O–H groups in total. The summed E-state index contributed by atoms with van der Waals surface area (Å²) in [6, 6.07) is 32.6. The normalized spacial score (nSPS) is 10.9. The van der Waals surface area contributed by atoms with E-state index in [-0.39, 0.29) is 18.4 Å². The number of carbonyl (C=O) groups excluding carboxylic acids is 2. The minimum atomic E-state index is -0.231. The third-order valence-corrected chi connectivity index (χ3v) is 6.44. The topological polar surface area (TPSA) is 60.3 Å². The lowest BCUT2D eigenvalue weighted by molar-refractivity contribution is -0.118. The molecule has 0 atom stereocenters. The van der Waals surface area contributed by atoms with Gasteiger partial charge in [-0.05, 0) is 48.5 Å². The summed E-state index contributed by atoms with van der Waals surface area (Å²) >= 11 is 1.47. The zero-order valence-corrected chi connectivity index (χ0v) is 19.1. The van der Waals surface area contributed by atoms with Crippen LogP contribution in [-0.4, -0.2) is 28.7 Å². The molecule has 0 unspecified atom stereocenters. The fourth-order valence-corrected chi connectivity index (χ4v) is 4.65. The first-order chi connectivity index (χ1) is 16.7. The SMILES string of the molecule is O=C(COc1ccccc1)Nc1ccc(SCC(=O)n2c3ccccc3c3ccccc32)cc1. The number of amides is 1. The molecule has 5 rings (SSSR count). The van der Waals surface area contributed by atoms with Crippen LogP contribution in [-0.2, 0) is 4.79 Å². The molecule has 6 heteroatoms. The highest BCUT2D eigenvalue weighted by atomic mass is 32.2. The molecule has 0 fully saturated rings. The Morgan fingerprint density at radius 3 is 1.97 bits per heavy atom. The van der Waals surface area contributed by atoms with Crippen molar-refractivity contribution in [2.24, 2.45) is 0 Å². The maximum absolute atomic E-state index is 13.2. The molecular formula is C28H22N2O3S. The first-order valence-corrected chi connectivity index (χ1v) is 11.9. The van der Waals surface area contributed by atoms with Crippen molar-refractivity contribution < 1.29 is 14.3 Å². The van der Waals surface area contributed by atoms with Crippen molar-refractivity contribution in [2.75, 3.05) is 17.7 Å². The van der Waals surface area contributed by atoms with Crippen molar-refractivity contribution in [3.05, 3.63) is 103 Å². The molecule has 1 amide bonds. The zero-order chi connectivity index (χ0) is 23.3. The second-order valence-electron chi connectivity index (χ2n) is 7.73. The largest absolute Gasteiger partial charge is 0.484 e. The van der Waals surface area contributed by atoms with Crippen LogP contribution in [0.15, 0.2) is 108 Å². The summed E-state index contributed by atoms with van der Waals surface area (Å²) in [6.07, 6.45) is 0. The van der Waals surface area contributed by atoms with E-state index in [0.29, 0.717) is 17.2 Å². The average molecular weight is 467 g/mol. The minimum Gasteiger partial charge on any atom is -0.484 e. The summed E-state index contributed by atoms with van der Waals surface area (Å²) in [5.41, 5.74) is 2.52. The van der Waals surface area contributed by atoms with Gasteiger partial charge >= 0.3 is 0 Å². The number of ether oxygens (including phenoxy) is 1. The standard InChI is InChI=1S/C28H22N2O3S/c31-27(18-33-21-8-2-1-3-9-21)29-20-14-16-22(17-15-20)34-19-28(32)30-25-12-6-4-10-23(25)24-11-5-7-13-26(24)30/h1-17H,18-19H2,(H,29,31). The number of nitrogens with one attached hydrogen (secondary N) is 1. The van der Waals surface area contributed by atoms with E-state index in [4.69, 9.17) is 4.74 Å². The van der Waals surface area contributed by atoms with Crippen molar-refractivity contribution in [3.8, 4) is 5.75 Å². The fourth-order valence-electron chi connectivity index (χ4n) is 3.90. The van der Waals surface area contributed by atoms with Gasteiger partial charge in [0, 0.05) is 21.4 Å².